The van der Waals surface area contributed by atoms with E-state index in [-0.39, 0.29) is 17.0 Å². The normalized spacial score (nSPS) is 14.0. The van der Waals surface area contributed by atoms with E-state index in [9.17, 15) is 0 Å². The molecular formula is C17H22BrNO. The van der Waals surface area contributed by atoms with Crippen LogP contribution >= 0.6 is 17.0 Å². The molecule has 0 bridgehead atoms. The van der Waals surface area contributed by atoms with Crippen molar-refractivity contribution in [3.8, 4) is 5.75 Å². The number of hydrogen-bond acceptors (Lipinski definition) is 2. The van der Waals surface area contributed by atoms with Crippen molar-refractivity contribution in [1.82, 2.24) is 0 Å². The average molecular weight is 336 g/mol. The molecule has 2 rings (SSSR count). The molecule has 1 aromatic carbocycles. The molecule has 0 spiro atoms. The van der Waals surface area contributed by atoms with Crippen molar-refractivity contribution in [3.05, 3.63) is 53.6 Å². The number of aliphatic imine (C=N–C) groups is 1. The molecule has 0 N–H and O–H groups in total. The molecule has 108 valence electrons. The molecule has 0 radical (unpaired) electrons. The van der Waals surface area contributed by atoms with E-state index in [1.807, 2.05) is 31.2 Å². The number of halogens is 1. The molecule has 0 atom stereocenters. The summed E-state index contributed by atoms with van der Waals surface area (Å²) in [6, 6.07) is 6.32. The van der Waals surface area contributed by atoms with Crippen molar-refractivity contribution in [1.29, 1.82) is 0 Å². The summed E-state index contributed by atoms with van der Waals surface area (Å²) in [5.41, 5.74) is 3.64. The van der Waals surface area contributed by atoms with Gasteiger partial charge in [-0.3, -0.25) is 4.99 Å². The SMILES string of the molecule is Br.C/C=C/C=C/C1=NCCc2cc(OCCC)ccc21. The fourth-order valence-electron chi connectivity index (χ4n) is 2.12. The number of ether oxygens (including phenoxy) is 1. The van der Waals surface area contributed by atoms with Crippen molar-refractivity contribution in [2.24, 2.45) is 4.99 Å². The van der Waals surface area contributed by atoms with Gasteiger partial charge in [-0.15, -0.1) is 17.0 Å². The third-order valence-electron chi connectivity index (χ3n) is 3.05. The van der Waals surface area contributed by atoms with Crippen LogP contribution in [0.5, 0.6) is 5.75 Å². The molecule has 0 fully saturated rings. The van der Waals surface area contributed by atoms with Gasteiger partial charge in [0.05, 0.1) is 12.3 Å². The van der Waals surface area contributed by atoms with Gasteiger partial charge in [-0.25, -0.2) is 0 Å². The first-order chi connectivity index (χ1) is 9.35. The predicted octanol–water partition coefficient (Wildman–Crippen LogP) is 4.53. The van der Waals surface area contributed by atoms with E-state index in [0.29, 0.717) is 0 Å². The zero-order valence-electron chi connectivity index (χ0n) is 12.1. The van der Waals surface area contributed by atoms with E-state index in [0.717, 1.165) is 37.5 Å². The summed E-state index contributed by atoms with van der Waals surface area (Å²) in [6.45, 7) is 5.77. The van der Waals surface area contributed by atoms with Gasteiger partial charge in [0.25, 0.3) is 0 Å². The summed E-state index contributed by atoms with van der Waals surface area (Å²) in [4.78, 5) is 4.59. The van der Waals surface area contributed by atoms with Crippen LogP contribution in [0.4, 0.5) is 0 Å². The minimum Gasteiger partial charge on any atom is -0.494 e. The van der Waals surface area contributed by atoms with Crippen LogP contribution in [0.1, 0.15) is 31.4 Å². The van der Waals surface area contributed by atoms with Gasteiger partial charge in [-0.2, -0.15) is 0 Å². The van der Waals surface area contributed by atoms with Crippen LogP contribution in [0.25, 0.3) is 0 Å². The van der Waals surface area contributed by atoms with Crippen LogP contribution < -0.4 is 4.74 Å². The highest BCUT2D eigenvalue weighted by Crippen LogP contribution is 2.22. The van der Waals surface area contributed by atoms with Gasteiger partial charge in [0.1, 0.15) is 5.75 Å². The number of allylic oxidation sites excluding steroid dienone is 4. The average Bonchev–Trinajstić information content (AvgIpc) is 2.45. The topological polar surface area (TPSA) is 21.6 Å². The Morgan fingerprint density at radius 2 is 2.15 bits per heavy atom. The second kappa shape index (κ2) is 8.75. The molecule has 0 aliphatic carbocycles. The van der Waals surface area contributed by atoms with Gasteiger partial charge < -0.3 is 4.74 Å². The molecule has 0 amide bonds. The monoisotopic (exact) mass is 335 g/mol. The minimum atomic E-state index is 0. The maximum atomic E-state index is 5.69. The van der Waals surface area contributed by atoms with E-state index in [2.05, 4.69) is 30.1 Å². The molecule has 20 heavy (non-hydrogen) atoms. The van der Waals surface area contributed by atoms with E-state index >= 15 is 0 Å². The minimum absolute atomic E-state index is 0. The molecule has 1 aromatic rings. The van der Waals surface area contributed by atoms with E-state index < -0.39 is 0 Å². The van der Waals surface area contributed by atoms with Crippen molar-refractivity contribution in [3.63, 3.8) is 0 Å². The predicted molar refractivity (Wildman–Crippen MR) is 91.6 cm³/mol. The highest BCUT2D eigenvalue weighted by molar-refractivity contribution is 8.93. The third kappa shape index (κ3) is 4.34. The zero-order chi connectivity index (χ0) is 13.5. The van der Waals surface area contributed by atoms with Crippen molar-refractivity contribution < 1.29 is 4.74 Å². The fraction of sp³-hybridized carbons (Fsp3) is 0.353. The largest absolute Gasteiger partial charge is 0.494 e. The van der Waals surface area contributed by atoms with E-state index in [1.165, 1.54) is 11.1 Å². The van der Waals surface area contributed by atoms with Crippen LogP contribution in [-0.2, 0) is 6.42 Å². The first-order valence-corrected chi connectivity index (χ1v) is 6.95. The van der Waals surface area contributed by atoms with E-state index in [4.69, 9.17) is 4.74 Å². The molecule has 1 aliphatic rings. The summed E-state index contributed by atoms with van der Waals surface area (Å²) < 4.78 is 5.69. The zero-order valence-corrected chi connectivity index (χ0v) is 13.8. The van der Waals surface area contributed by atoms with Gasteiger partial charge >= 0.3 is 0 Å². The Kier molecular flexibility index (Phi) is 7.31. The summed E-state index contributed by atoms with van der Waals surface area (Å²) in [5, 5.41) is 0. The molecule has 3 heteroatoms. The molecule has 0 saturated heterocycles. The van der Waals surface area contributed by atoms with Crippen LogP contribution in [0, 0.1) is 0 Å². The van der Waals surface area contributed by atoms with Gasteiger partial charge in [0, 0.05) is 12.1 Å². The lowest BCUT2D eigenvalue weighted by Crippen LogP contribution is -2.11. The lowest BCUT2D eigenvalue weighted by molar-refractivity contribution is 0.317. The standard InChI is InChI=1S/C17H21NO.BrH/c1-3-5-6-7-17-16-9-8-15(19-12-4-2)13-14(16)10-11-18-17;/h3,5-9,13H,4,10-12H2,1-2H3;1H/b5-3+,7-6+;. The van der Waals surface area contributed by atoms with Crippen molar-refractivity contribution in [2.75, 3.05) is 13.2 Å². The second-order valence-electron chi connectivity index (χ2n) is 4.57. The van der Waals surface area contributed by atoms with Crippen LogP contribution in [0.3, 0.4) is 0 Å². The highest BCUT2D eigenvalue weighted by atomic mass is 79.9. The summed E-state index contributed by atoms with van der Waals surface area (Å²) in [6.07, 6.45) is 10.2. The number of benzene rings is 1. The number of rotatable bonds is 5. The maximum Gasteiger partial charge on any atom is 0.119 e. The van der Waals surface area contributed by atoms with Gasteiger partial charge in [0.2, 0.25) is 0 Å². The molecule has 1 aliphatic heterocycles. The van der Waals surface area contributed by atoms with Crippen LogP contribution in [0.2, 0.25) is 0 Å². The lowest BCUT2D eigenvalue weighted by atomic mass is 9.97. The van der Waals surface area contributed by atoms with Crippen molar-refractivity contribution >= 4 is 22.7 Å². The Morgan fingerprint density at radius 3 is 2.90 bits per heavy atom. The first kappa shape index (κ1) is 16.7. The molecule has 1 heterocycles. The van der Waals surface area contributed by atoms with Crippen LogP contribution in [0.15, 0.2) is 47.5 Å². The molecule has 0 aromatic heterocycles. The summed E-state index contributed by atoms with van der Waals surface area (Å²) in [5.74, 6) is 0.972. The van der Waals surface area contributed by atoms with Gasteiger partial charge in [-0.05, 0) is 49.6 Å². The molecule has 0 unspecified atom stereocenters. The number of fused-ring (bicyclic) bond motifs is 1. The maximum absolute atomic E-state index is 5.69. The summed E-state index contributed by atoms with van der Waals surface area (Å²) >= 11 is 0. The fourth-order valence-corrected chi connectivity index (χ4v) is 2.12. The Morgan fingerprint density at radius 1 is 1.30 bits per heavy atom. The third-order valence-corrected chi connectivity index (χ3v) is 3.05. The first-order valence-electron chi connectivity index (χ1n) is 6.95. The van der Waals surface area contributed by atoms with E-state index in [1.54, 1.807) is 0 Å². The van der Waals surface area contributed by atoms with Gasteiger partial charge in [0.15, 0.2) is 0 Å². The molecule has 0 saturated carbocycles. The second-order valence-corrected chi connectivity index (χ2v) is 4.57. The van der Waals surface area contributed by atoms with Gasteiger partial charge in [-0.1, -0.05) is 25.2 Å². The smallest absolute Gasteiger partial charge is 0.119 e. The van der Waals surface area contributed by atoms with Crippen molar-refractivity contribution in [2.45, 2.75) is 26.7 Å². The lowest BCUT2D eigenvalue weighted by Gasteiger charge is -2.16. The molecular weight excluding hydrogens is 314 g/mol. The molecule has 2 nitrogen and oxygen atoms in total. The Bertz CT molecular complexity index is 518. The highest BCUT2D eigenvalue weighted by Gasteiger charge is 2.12. The van der Waals surface area contributed by atoms with Crippen LogP contribution in [-0.4, -0.2) is 18.9 Å². The number of nitrogens with zero attached hydrogens (tertiary/aromatic N) is 1. The Labute approximate surface area is 132 Å². The summed E-state index contributed by atoms with van der Waals surface area (Å²) in [7, 11) is 0. The Balaban J connectivity index is 0.00000200. The quantitative estimate of drug-likeness (QED) is 0.724. The number of hydrogen-bond donors (Lipinski definition) is 0. The Hall–Kier alpha value is -1.35.